The van der Waals surface area contributed by atoms with E-state index in [1.807, 2.05) is 11.0 Å². The number of hydrogen-bond donors (Lipinski definition) is 0. The molecule has 2 amide bonds. The van der Waals surface area contributed by atoms with Crippen LogP contribution in [0, 0.1) is 5.82 Å². The molecule has 5 rings (SSSR count). The van der Waals surface area contributed by atoms with Crippen LogP contribution in [0.4, 0.5) is 10.1 Å². The molecular formula is C25H23FN2O4. The monoisotopic (exact) mass is 434 g/mol. The summed E-state index contributed by atoms with van der Waals surface area (Å²) in [4.78, 5) is 29.8. The lowest BCUT2D eigenvalue weighted by molar-refractivity contribution is -0.139. The van der Waals surface area contributed by atoms with E-state index >= 15 is 0 Å². The molecule has 6 nitrogen and oxygen atoms in total. The van der Waals surface area contributed by atoms with Gasteiger partial charge < -0.3 is 14.1 Å². The van der Waals surface area contributed by atoms with Crippen LogP contribution in [0.25, 0.3) is 11.3 Å². The average Bonchev–Trinajstić information content (AvgIpc) is 3.33. The van der Waals surface area contributed by atoms with Crippen LogP contribution in [0.1, 0.15) is 29.8 Å². The third-order valence-corrected chi connectivity index (χ3v) is 5.92. The van der Waals surface area contributed by atoms with E-state index in [0.29, 0.717) is 24.5 Å². The highest BCUT2D eigenvalue weighted by Crippen LogP contribution is 2.35. The van der Waals surface area contributed by atoms with Gasteiger partial charge in [-0.1, -0.05) is 24.3 Å². The van der Waals surface area contributed by atoms with E-state index in [4.69, 9.17) is 9.15 Å². The number of ether oxygens (including phenoxy) is 1. The molecule has 0 radical (unpaired) electrons. The summed E-state index contributed by atoms with van der Waals surface area (Å²) in [6.07, 6.45) is 2.28. The average molecular weight is 434 g/mol. The lowest BCUT2D eigenvalue weighted by Gasteiger charge is -2.37. The van der Waals surface area contributed by atoms with Crippen LogP contribution in [-0.4, -0.2) is 42.5 Å². The molecule has 2 aliphatic rings. The fraction of sp³-hybridized carbons (Fsp3) is 0.280. The van der Waals surface area contributed by atoms with E-state index < -0.39 is 17.8 Å². The molecule has 0 saturated carbocycles. The number of halogens is 1. The van der Waals surface area contributed by atoms with Crippen molar-refractivity contribution in [2.45, 2.75) is 25.4 Å². The fourth-order valence-electron chi connectivity index (χ4n) is 4.26. The van der Waals surface area contributed by atoms with Crippen molar-refractivity contribution in [3.63, 3.8) is 0 Å². The van der Waals surface area contributed by atoms with Gasteiger partial charge in [0.1, 0.15) is 17.3 Å². The molecule has 164 valence electrons. The number of amides is 2. The zero-order chi connectivity index (χ0) is 22.1. The molecule has 0 aliphatic carbocycles. The Morgan fingerprint density at radius 1 is 0.906 bits per heavy atom. The van der Waals surface area contributed by atoms with Gasteiger partial charge in [-0.2, -0.15) is 0 Å². The molecule has 0 spiro atoms. The summed E-state index contributed by atoms with van der Waals surface area (Å²) in [5.74, 6) is -0.116. The third-order valence-electron chi connectivity index (χ3n) is 5.92. The maximum Gasteiger partial charge on any atom is 0.294 e. The molecule has 7 heteroatoms. The van der Waals surface area contributed by atoms with Gasteiger partial charge in [0, 0.05) is 13.1 Å². The summed E-state index contributed by atoms with van der Waals surface area (Å²) < 4.78 is 25.9. The highest BCUT2D eigenvalue weighted by Gasteiger charge is 2.37. The normalized spacial score (nSPS) is 18.1. The van der Waals surface area contributed by atoms with Gasteiger partial charge in [0.05, 0.1) is 17.8 Å². The van der Waals surface area contributed by atoms with Gasteiger partial charge in [-0.15, -0.1) is 0 Å². The van der Waals surface area contributed by atoms with Crippen molar-refractivity contribution in [1.82, 2.24) is 4.90 Å². The van der Waals surface area contributed by atoms with Gasteiger partial charge in [-0.25, -0.2) is 4.39 Å². The SMILES string of the molecule is O=C(C1CN(C(=O)c2ccc(-c3ccccc3F)o2)c2ccccc2O1)N1CCCCC1. The molecule has 1 fully saturated rings. The van der Waals surface area contributed by atoms with E-state index in [2.05, 4.69) is 0 Å². The van der Waals surface area contributed by atoms with E-state index in [1.54, 1.807) is 42.5 Å². The number of hydrogen-bond acceptors (Lipinski definition) is 4. The summed E-state index contributed by atoms with van der Waals surface area (Å²) >= 11 is 0. The van der Waals surface area contributed by atoms with E-state index in [9.17, 15) is 14.0 Å². The van der Waals surface area contributed by atoms with Crippen molar-refractivity contribution in [2.75, 3.05) is 24.5 Å². The first-order chi connectivity index (χ1) is 15.6. The van der Waals surface area contributed by atoms with Crippen LogP contribution < -0.4 is 9.64 Å². The summed E-state index contributed by atoms with van der Waals surface area (Å²) in [6, 6.07) is 16.5. The first-order valence-corrected chi connectivity index (χ1v) is 10.8. The van der Waals surface area contributed by atoms with Gasteiger partial charge in [0.15, 0.2) is 11.9 Å². The number of para-hydroxylation sites is 2. The molecule has 0 N–H and O–H groups in total. The van der Waals surface area contributed by atoms with Crippen molar-refractivity contribution >= 4 is 17.5 Å². The Morgan fingerprint density at radius 2 is 1.66 bits per heavy atom. The van der Waals surface area contributed by atoms with E-state index in [0.717, 1.165) is 19.3 Å². The summed E-state index contributed by atoms with van der Waals surface area (Å²) in [5.41, 5.74) is 0.858. The number of fused-ring (bicyclic) bond motifs is 1. The molecule has 2 aliphatic heterocycles. The summed E-state index contributed by atoms with van der Waals surface area (Å²) in [6.45, 7) is 1.50. The fourth-order valence-corrected chi connectivity index (χ4v) is 4.26. The Labute approximate surface area is 185 Å². The Kier molecular flexibility index (Phi) is 5.39. The standard InChI is InChI=1S/C25H23FN2O4/c26-18-9-3-2-8-17(18)20-12-13-22(31-20)25(30)28-16-23(24(29)27-14-6-1-7-15-27)32-21-11-5-4-10-19(21)28/h2-5,8-13,23H,1,6-7,14-16H2. The number of carbonyl (C=O) groups excluding carboxylic acids is 2. The van der Waals surface area contributed by atoms with Crippen molar-refractivity contribution in [3.05, 3.63) is 72.2 Å². The number of anilines is 1. The molecule has 0 bridgehead atoms. The highest BCUT2D eigenvalue weighted by molar-refractivity contribution is 6.06. The highest BCUT2D eigenvalue weighted by atomic mass is 19.1. The van der Waals surface area contributed by atoms with Crippen LogP contribution in [0.15, 0.2) is 65.1 Å². The first kappa shape index (κ1) is 20.3. The predicted octanol–water partition coefficient (Wildman–Crippen LogP) is 4.51. The van der Waals surface area contributed by atoms with Crippen LogP contribution in [0.5, 0.6) is 5.75 Å². The number of piperidine rings is 1. The van der Waals surface area contributed by atoms with Crippen LogP contribution in [-0.2, 0) is 4.79 Å². The second-order valence-electron chi connectivity index (χ2n) is 8.02. The zero-order valence-corrected chi connectivity index (χ0v) is 17.5. The molecule has 3 heterocycles. The molecule has 3 aromatic rings. The van der Waals surface area contributed by atoms with E-state index in [1.165, 1.54) is 17.0 Å². The number of nitrogens with zero attached hydrogens (tertiary/aromatic N) is 2. The minimum Gasteiger partial charge on any atom is -0.476 e. The Bertz CT molecular complexity index is 1150. The molecule has 1 saturated heterocycles. The largest absolute Gasteiger partial charge is 0.476 e. The molecule has 1 aromatic heterocycles. The van der Waals surface area contributed by atoms with Gasteiger partial charge in [-0.05, 0) is 55.7 Å². The van der Waals surface area contributed by atoms with Gasteiger partial charge in [0.2, 0.25) is 0 Å². The second-order valence-corrected chi connectivity index (χ2v) is 8.02. The Hall–Kier alpha value is -3.61. The van der Waals surface area contributed by atoms with Gasteiger partial charge >= 0.3 is 0 Å². The Balaban J connectivity index is 1.43. The minimum atomic E-state index is -0.784. The molecular weight excluding hydrogens is 411 g/mol. The van der Waals surface area contributed by atoms with Crippen LogP contribution in [0.2, 0.25) is 0 Å². The predicted molar refractivity (Wildman–Crippen MR) is 117 cm³/mol. The maximum atomic E-state index is 14.1. The van der Waals surface area contributed by atoms with Crippen LogP contribution >= 0.6 is 0 Å². The van der Waals surface area contributed by atoms with Gasteiger partial charge in [-0.3, -0.25) is 14.5 Å². The summed E-state index contributed by atoms with van der Waals surface area (Å²) in [5, 5.41) is 0. The van der Waals surface area contributed by atoms with E-state index in [-0.39, 0.29) is 29.5 Å². The first-order valence-electron chi connectivity index (χ1n) is 10.8. The molecule has 2 aromatic carbocycles. The smallest absolute Gasteiger partial charge is 0.294 e. The zero-order valence-electron chi connectivity index (χ0n) is 17.5. The molecule has 32 heavy (non-hydrogen) atoms. The minimum absolute atomic E-state index is 0.0733. The number of carbonyl (C=O) groups is 2. The number of benzene rings is 2. The topological polar surface area (TPSA) is 63.0 Å². The quantitative estimate of drug-likeness (QED) is 0.609. The molecule has 1 unspecified atom stereocenters. The third kappa shape index (κ3) is 3.75. The second kappa shape index (κ2) is 8.49. The van der Waals surface area contributed by atoms with Crippen molar-refractivity contribution in [1.29, 1.82) is 0 Å². The van der Waals surface area contributed by atoms with Crippen LogP contribution in [0.3, 0.4) is 0 Å². The van der Waals surface area contributed by atoms with Gasteiger partial charge in [0.25, 0.3) is 11.8 Å². The molecule has 1 atom stereocenters. The van der Waals surface area contributed by atoms with Crippen molar-refractivity contribution in [2.24, 2.45) is 0 Å². The number of likely N-dealkylation sites (tertiary alicyclic amines) is 1. The number of rotatable bonds is 3. The number of furan rings is 1. The summed E-state index contributed by atoms with van der Waals surface area (Å²) in [7, 11) is 0. The Morgan fingerprint density at radius 3 is 2.47 bits per heavy atom. The van der Waals surface area contributed by atoms with Crippen molar-refractivity contribution < 1.29 is 23.1 Å². The lowest BCUT2D eigenvalue weighted by atomic mass is 10.1. The lowest BCUT2D eigenvalue weighted by Crippen LogP contribution is -2.52. The van der Waals surface area contributed by atoms with Crippen molar-refractivity contribution in [3.8, 4) is 17.1 Å². The maximum absolute atomic E-state index is 14.1.